The molecule has 0 spiro atoms. The minimum atomic E-state index is 0.294. The summed E-state index contributed by atoms with van der Waals surface area (Å²) < 4.78 is 0. The van der Waals surface area contributed by atoms with E-state index in [0.717, 1.165) is 11.4 Å². The highest BCUT2D eigenvalue weighted by atomic mass is 15.1. The molecule has 0 heterocycles. The Morgan fingerprint density at radius 1 is 0.957 bits per heavy atom. The molecule has 116 valence electrons. The summed E-state index contributed by atoms with van der Waals surface area (Å²) >= 11 is 0. The number of para-hydroxylation sites is 1. The van der Waals surface area contributed by atoms with Crippen molar-refractivity contribution < 1.29 is 0 Å². The number of likely N-dealkylation sites (N-methyl/N-ethyl adjacent to an activating group) is 1. The second-order valence-corrected chi connectivity index (χ2v) is 5.97. The van der Waals surface area contributed by atoms with E-state index in [-0.39, 0.29) is 0 Å². The first kappa shape index (κ1) is 15.3. The average molecular weight is 302 g/mol. The van der Waals surface area contributed by atoms with Crippen molar-refractivity contribution in [1.29, 1.82) is 0 Å². The SMILES string of the molecule is CC(=Nc1ccccc1)c1ccccc1C1C=CC=C1N(C)C. The van der Waals surface area contributed by atoms with Crippen LogP contribution >= 0.6 is 0 Å². The fraction of sp³-hybridized carbons (Fsp3) is 0.190. The quantitative estimate of drug-likeness (QED) is 0.731. The Labute approximate surface area is 138 Å². The Bertz CT molecular complexity index is 767. The van der Waals surface area contributed by atoms with Crippen molar-refractivity contribution in [3.63, 3.8) is 0 Å². The molecule has 23 heavy (non-hydrogen) atoms. The Hall–Kier alpha value is -2.61. The van der Waals surface area contributed by atoms with E-state index in [2.05, 4.69) is 68.4 Å². The minimum Gasteiger partial charge on any atom is -0.380 e. The van der Waals surface area contributed by atoms with E-state index >= 15 is 0 Å². The monoisotopic (exact) mass is 302 g/mol. The Morgan fingerprint density at radius 2 is 1.65 bits per heavy atom. The number of benzene rings is 2. The summed E-state index contributed by atoms with van der Waals surface area (Å²) in [4.78, 5) is 6.98. The molecule has 0 amide bonds. The van der Waals surface area contributed by atoms with Crippen LogP contribution in [0.15, 0.2) is 83.5 Å². The van der Waals surface area contributed by atoms with E-state index in [1.54, 1.807) is 0 Å². The molecule has 1 aliphatic rings. The van der Waals surface area contributed by atoms with Gasteiger partial charge in [-0.2, -0.15) is 0 Å². The zero-order valence-electron chi connectivity index (χ0n) is 13.9. The first-order chi connectivity index (χ1) is 11.2. The molecule has 0 saturated carbocycles. The molecule has 1 atom stereocenters. The van der Waals surface area contributed by atoms with Gasteiger partial charge in [-0.15, -0.1) is 0 Å². The molecule has 0 fully saturated rings. The highest BCUT2D eigenvalue weighted by Crippen LogP contribution is 2.33. The maximum absolute atomic E-state index is 4.79. The van der Waals surface area contributed by atoms with Crippen LogP contribution in [0.4, 0.5) is 5.69 Å². The molecule has 0 radical (unpaired) electrons. The maximum atomic E-state index is 4.79. The normalized spacial score (nSPS) is 17.3. The van der Waals surface area contributed by atoms with Crippen LogP contribution in [0.2, 0.25) is 0 Å². The maximum Gasteiger partial charge on any atom is 0.0633 e. The number of nitrogens with zero attached hydrogens (tertiary/aromatic N) is 2. The summed E-state index contributed by atoms with van der Waals surface area (Å²) in [6, 6.07) is 18.7. The first-order valence-corrected chi connectivity index (χ1v) is 7.92. The third-order valence-corrected chi connectivity index (χ3v) is 4.14. The number of hydrogen-bond donors (Lipinski definition) is 0. The van der Waals surface area contributed by atoms with E-state index in [1.807, 2.05) is 30.3 Å². The fourth-order valence-electron chi connectivity index (χ4n) is 3.01. The standard InChI is InChI=1S/C21H22N2/c1-16(22-17-10-5-4-6-11-17)18-12-7-8-13-19(18)20-14-9-15-21(20)23(2)3/h4-15,20H,1-3H3. The van der Waals surface area contributed by atoms with Gasteiger partial charge in [0.15, 0.2) is 0 Å². The second kappa shape index (κ2) is 6.66. The summed E-state index contributed by atoms with van der Waals surface area (Å²) in [6.45, 7) is 2.09. The zero-order chi connectivity index (χ0) is 16.2. The summed E-state index contributed by atoms with van der Waals surface area (Å²) in [7, 11) is 4.19. The fourth-order valence-corrected chi connectivity index (χ4v) is 3.01. The van der Waals surface area contributed by atoms with Crippen LogP contribution < -0.4 is 0 Å². The first-order valence-electron chi connectivity index (χ1n) is 7.92. The van der Waals surface area contributed by atoms with Crippen molar-refractivity contribution in [3.05, 3.63) is 89.6 Å². The number of allylic oxidation sites excluding steroid dienone is 3. The van der Waals surface area contributed by atoms with E-state index in [4.69, 9.17) is 4.99 Å². The molecule has 0 saturated heterocycles. The summed E-state index contributed by atoms with van der Waals surface area (Å²) in [6.07, 6.45) is 6.58. The van der Waals surface area contributed by atoms with Crippen LogP contribution in [0.5, 0.6) is 0 Å². The van der Waals surface area contributed by atoms with Gasteiger partial charge in [0.25, 0.3) is 0 Å². The van der Waals surface area contributed by atoms with Gasteiger partial charge in [-0.1, -0.05) is 54.6 Å². The summed E-state index contributed by atoms with van der Waals surface area (Å²) in [5.41, 5.74) is 5.86. The minimum absolute atomic E-state index is 0.294. The largest absolute Gasteiger partial charge is 0.380 e. The molecule has 0 aliphatic heterocycles. The molecular formula is C21H22N2. The molecule has 2 heteroatoms. The number of hydrogen-bond acceptors (Lipinski definition) is 2. The summed E-state index contributed by atoms with van der Waals surface area (Å²) in [5, 5.41) is 0. The van der Waals surface area contributed by atoms with Gasteiger partial charge in [0, 0.05) is 31.4 Å². The van der Waals surface area contributed by atoms with Crippen LogP contribution in [0.25, 0.3) is 0 Å². The summed E-state index contributed by atoms with van der Waals surface area (Å²) in [5.74, 6) is 0.294. The highest BCUT2D eigenvalue weighted by molar-refractivity contribution is 6.01. The molecule has 3 rings (SSSR count). The van der Waals surface area contributed by atoms with Crippen LogP contribution in [0, 0.1) is 0 Å². The lowest BCUT2D eigenvalue weighted by Crippen LogP contribution is -2.17. The molecule has 0 N–H and O–H groups in total. The van der Waals surface area contributed by atoms with Crippen LogP contribution in [0.1, 0.15) is 24.0 Å². The van der Waals surface area contributed by atoms with Gasteiger partial charge >= 0.3 is 0 Å². The van der Waals surface area contributed by atoms with Crippen molar-refractivity contribution in [2.45, 2.75) is 12.8 Å². The third kappa shape index (κ3) is 3.26. The van der Waals surface area contributed by atoms with Gasteiger partial charge in [-0.3, -0.25) is 4.99 Å². The predicted octanol–water partition coefficient (Wildman–Crippen LogP) is 4.93. The molecule has 2 aromatic rings. The van der Waals surface area contributed by atoms with Gasteiger partial charge in [-0.05, 0) is 36.3 Å². The lowest BCUT2D eigenvalue weighted by molar-refractivity contribution is 0.487. The highest BCUT2D eigenvalue weighted by Gasteiger charge is 2.21. The molecular weight excluding hydrogens is 280 g/mol. The smallest absolute Gasteiger partial charge is 0.0633 e. The van der Waals surface area contributed by atoms with Crippen LogP contribution in [-0.2, 0) is 0 Å². The molecule has 0 aromatic heterocycles. The zero-order valence-corrected chi connectivity index (χ0v) is 13.9. The lowest BCUT2D eigenvalue weighted by Gasteiger charge is -2.23. The predicted molar refractivity (Wildman–Crippen MR) is 98.4 cm³/mol. The van der Waals surface area contributed by atoms with Crippen molar-refractivity contribution in [3.8, 4) is 0 Å². The van der Waals surface area contributed by atoms with Gasteiger partial charge in [-0.25, -0.2) is 0 Å². The van der Waals surface area contributed by atoms with Gasteiger partial charge in [0.1, 0.15) is 0 Å². The van der Waals surface area contributed by atoms with Gasteiger partial charge in [0.2, 0.25) is 0 Å². The Kier molecular flexibility index (Phi) is 4.42. The van der Waals surface area contributed by atoms with Crippen molar-refractivity contribution >= 4 is 11.4 Å². The second-order valence-electron chi connectivity index (χ2n) is 5.97. The Morgan fingerprint density at radius 3 is 2.39 bits per heavy atom. The molecule has 1 unspecified atom stereocenters. The van der Waals surface area contributed by atoms with Crippen LogP contribution in [0.3, 0.4) is 0 Å². The molecule has 1 aliphatic carbocycles. The number of aliphatic imine (C=N–C) groups is 1. The van der Waals surface area contributed by atoms with Crippen molar-refractivity contribution in [2.24, 2.45) is 4.99 Å². The number of rotatable bonds is 4. The van der Waals surface area contributed by atoms with Crippen LogP contribution in [-0.4, -0.2) is 24.7 Å². The van der Waals surface area contributed by atoms with Crippen molar-refractivity contribution in [1.82, 2.24) is 4.90 Å². The van der Waals surface area contributed by atoms with Crippen molar-refractivity contribution in [2.75, 3.05) is 14.1 Å². The van der Waals surface area contributed by atoms with E-state index in [0.29, 0.717) is 5.92 Å². The van der Waals surface area contributed by atoms with E-state index in [9.17, 15) is 0 Å². The van der Waals surface area contributed by atoms with E-state index in [1.165, 1.54) is 16.8 Å². The lowest BCUT2D eigenvalue weighted by atomic mass is 9.91. The molecule has 2 aromatic carbocycles. The Balaban J connectivity index is 2.00. The topological polar surface area (TPSA) is 15.6 Å². The third-order valence-electron chi connectivity index (χ3n) is 4.14. The van der Waals surface area contributed by atoms with E-state index < -0.39 is 0 Å². The molecule has 2 nitrogen and oxygen atoms in total. The van der Waals surface area contributed by atoms with Gasteiger partial charge in [0.05, 0.1) is 5.69 Å². The van der Waals surface area contributed by atoms with Gasteiger partial charge < -0.3 is 4.90 Å². The average Bonchev–Trinajstić information content (AvgIpc) is 3.05. The molecule has 0 bridgehead atoms.